The zero-order valence-corrected chi connectivity index (χ0v) is 11.1. The van der Waals surface area contributed by atoms with E-state index in [2.05, 4.69) is 4.90 Å². The topological polar surface area (TPSA) is 38.5 Å². The normalized spacial score (nSPS) is 21.8. The molecule has 1 aliphatic heterocycles. The molecule has 0 spiro atoms. The minimum absolute atomic E-state index is 0.132. The monoisotopic (exact) mass is 270 g/mol. The van der Waals surface area contributed by atoms with Gasteiger partial charge in [-0.1, -0.05) is 0 Å². The number of benzene rings is 1. The number of halogens is 2. The molecule has 2 unspecified atom stereocenters. The second-order valence-electron chi connectivity index (χ2n) is 5.06. The van der Waals surface area contributed by atoms with Gasteiger partial charge in [0.05, 0.1) is 6.61 Å². The highest BCUT2D eigenvalue weighted by atomic mass is 19.1. The molecule has 2 N–H and O–H groups in total. The van der Waals surface area contributed by atoms with Crippen LogP contribution in [0.5, 0.6) is 0 Å². The van der Waals surface area contributed by atoms with Crippen molar-refractivity contribution >= 4 is 0 Å². The Morgan fingerprint density at radius 1 is 1.37 bits per heavy atom. The van der Waals surface area contributed by atoms with Gasteiger partial charge in [-0.05, 0) is 36.6 Å². The van der Waals surface area contributed by atoms with Crippen molar-refractivity contribution < 1.29 is 13.5 Å². The fourth-order valence-corrected chi connectivity index (χ4v) is 2.78. The number of hydrogen-bond donors (Lipinski definition) is 1. The maximum atomic E-state index is 13.3. The molecule has 1 aromatic carbocycles. The summed E-state index contributed by atoms with van der Waals surface area (Å²) in [4.78, 5) is 2.18. The van der Waals surface area contributed by atoms with Crippen molar-refractivity contribution in [2.75, 3.05) is 33.4 Å². The van der Waals surface area contributed by atoms with Crippen LogP contribution in [-0.4, -0.2) is 38.3 Å². The molecule has 0 amide bonds. The highest BCUT2D eigenvalue weighted by Gasteiger charge is 2.28. The van der Waals surface area contributed by atoms with Gasteiger partial charge in [-0.15, -0.1) is 0 Å². The van der Waals surface area contributed by atoms with Crippen LogP contribution in [0.2, 0.25) is 0 Å². The predicted octanol–water partition coefficient (Wildman–Crippen LogP) is 1.93. The van der Waals surface area contributed by atoms with Crippen LogP contribution in [0, 0.1) is 17.6 Å². The Bertz CT molecular complexity index is 408. The summed E-state index contributed by atoms with van der Waals surface area (Å²) in [6, 6.07) is 3.48. The Morgan fingerprint density at radius 3 is 2.63 bits per heavy atom. The fraction of sp³-hybridized carbons (Fsp3) is 0.571. The van der Waals surface area contributed by atoms with E-state index in [-0.39, 0.29) is 6.04 Å². The molecular formula is C14H20F2N2O. The summed E-state index contributed by atoms with van der Waals surface area (Å²) < 4.78 is 31.7. The van der Waals surface area contributed by atoms with E-state index in [1.165, 1.54) is 12.1 Å². The van der Waals surface area contributed by atoms with Crippen LogP contribution in [0.1, 0.15) is 18.0 Å². The Balaban J connectivity index is 2.12. The van der Waals surface area contributed by atoms with Gasteiger partial charge in [-0.3, -0.25) is 4.90 Å². The number of ether oxygens (including phenoxy) is 1. The zero-order valence-electron chi connectivity index (χ0n) is 11.1. The number of nitrogens with two attached hydrogens (primary N) is 1. The first-order chi connectivity index (χ1) is 9.13. The van der Waals surface area contributed by atoms with Gasteiger partial charge in [0, 0.05) is 32.3 Å². The van der Waals surface area contributed by atoms with Crippen LogP contribution in [0.4, 0.5) is 8.78 Å². The molecule has 2 rings (SSSR count). The second-order valence-corrected chi connectivity index (χ2v) is 5.06. The van der Waals surface area contributed by atoms with E-state index in [1.54, 1.807) is 7.11 Å². The molecule has 2 atom stereocenters. The van der Waals surface area contributed by atoms with Gasteiger partial charge in [0.15, 0.2) is 0 Å². The van der Waals surface area contributed by atoms with E-state index in [1.807, 2.05) is 0 Å². The summed E-state index contributed by atoms with van der Waals surface area (Å²) in [7, 11) is 1.69. The lowest BCUT2D eigenvalue weighted by atomic mass is 10.1. The number of rotatable bonds is 5. The first-order valence-electron chi connectivity index (χ1n) is 6.53. The Labute approximate surface area is 112 Å². The molecule has 106 valence electrons. The van der Waals surface area contributed by atoms with Gasteiger partial charge in [-0.2, -0.15) is 0 Å². The molecule has 0 bridgehead atoms. The van der Waals surface area contributed by atoms with E-state index in [0.717, 1.165) is 25.6 Å². The van der Waals surface area contributed by atoms with Crippen molar-refractivity contribution in [2.45, 2.75) is 12.5 Å². The van der Waals surface area contributed by atoms with E-state index >= 15 is 0 Å². The molecule has 1 aliphatic rings. The second kappa shape index (κ2) is 6.41. The summed E-state index contributed by atoms with van der Waals surface area (Å²) in [6.07, 6.45) is 1.03. The highest BCUT2D eigenvalue weighted by Crippen LogP contribution is 2.28. The van der Waals surface area contributed by atoms with Gasteiger partial charge in [0.1, 0.15) is 11.6 Å². The summed E-state index contributed by atoms with van der Waals surface area (Å²) in [5.41, 5.74) is 6.40. The molecule has 3 nitrogen and oxygen atoms in total. The molecule has 19 heavy (non-hydrogen) atoms. The predicted molar refractivity (Wildman–Crippen MR) is 69.7 cm³/mol. The van der Waals surface area contributed by atoms with Gasteiger partial charge in [-0.25, -0.2) is 8.78 Å². The summed E-state index contributed by atoms with van der Waals surface area (Å²) in [5.74, 6) is -0.639. The number of hydrogen-bond acceptors (Lipinski definition) is 3. The average molecular weight is 270 g/mol. The fourth-order valence-electron chi connectivity index (χ4n) is 2.78. The van der Waals surface area contributed by atoms with E-state index < -0.39 is 11.6 Å². The molecule has 0 saturated carbocycles. The first-order valence-corrected chi connectivity index (χ1v) is 6.53. The van der Waals surface area contributed by atoms with Crippen LogP contribution in [0.25, 0.3) is 0 Å². The molecule has 0 radical (unpaired) electrons. The maximum absolute atomic E-state index is 13.3. The Kier molecular flexibility index (Phi) is 4.85. The quantitative estimate of drug-likeness (QED) is 0.888. The molecule has 1 heterocycles. The van der Waals surface area contributed by atoms with Crippen molar-refractivity contribution in [3.8, 4) is 0 Å². The van der Waals surface area contributed by atoms with Crippen LogP contribution in [0.15, 0.2) is 18.2 Å². The van der Waals surface area contributed by atoms with Gasteiger partial charge >= 0.3 is 0 Å². The van der Waals surface area contributed by atoms with E-state index in [9.17, 15) is 8.78 Å². The molecule has 1 aromatic rings. The summed E-state index contributed by atoms with van der Waals surface area (Å²) >= 11 is 0. The van der Waals surface area contributed by atoms with Crippen molar-refractivity contribution in [1.29, 1.82) is 0 Å². The van der Waals surface area contributed by atoms with Crippen LogP contribution in [-0.2, 0) is 4.74 Å². The summed E-state index contributed by atoms with van der Waals surface area (Å²) in [6.45, 7) is 2.80. The zero-order chi connectivity index (χ0) is 13.8. The van der Waals surface area contributed by atoms with Crippen LogP contribution >= 0.6 is 0 Å². The molecule has 5 heteroatoms. The summed E-state index contributed by atoms with van der Waals surface area (Å²) in [5, 5.41) is 0. The lowest BCUT2D eigenvalue weighted by Gasteiger charge is -2.27. The minimum atomic E-state index is -0.555. The lowest BCUT2D eigenvalue weighted by Crippen LogP contribution is -2.32. The molecule has 0 aliphatic carbocycles. The van der Waals surface area contributed by atoms with Crippen molar-refractivity contribution in [3.05, 3.63) is 35.4 Å². The third-order valence-electron chi connectivity index (χ3n) is 3.65. The average Bonchev–Trinajstić information content (AvgIpc) is 2.78. The standard InChI is InChI=1S/C14H20F2N2O/c1-19-9-10-2-3-18(8-10)14(7-17)11-4-12(15)6-13(16)5-11/h4-6,10,14H,2-3,7-9,17H2,1H3. The highest BCUT2D eigenvalue weighted by molar-refractivity contribution is 5.22. The molecule has 1 fully saturated rings. The van der Waals surface area contributed by atoms with Crippen molar-refractivity contribution in [3.63, 3.8) is 0 Å². The molecule has 0 aromatic heterocycles. The minimum Gasteiger partial charge on any atom is -0.384 e. The van der Waals surface area contributed by atoms with E-state index in [4.69, 9.17) is 10.5 Å². The molecular weight excluding hydrogens is 250 g/mol. The Morgan fingerprint density at radius 2 is 2.05 bits per heavy atom. The number of methoxy groups -OCH3 is 1. The largest absolute Gasteiger partial charge is 0.384 e. The van der Waals surface area contributed by atoms with Crippen LogP contribution < -0.4 is 5.73 Å². The van der Waals surface area contributed by atoms with Crippen molar-refractivity contribution in [2.24, 2.45) is 11.7 Å². The first kappa shape index (κ1) is 14.4. The number of nitrogens with zero attached hydrogens (tertiary/aromatic N) is 1. The Hall–Kier alpha value is -1.04. The lowest BCUT2D eigenvalue weighted by molar-refractivity contribution is 0.147. The smallest absolute Gasteiger partial charge is 0.126 e. The SMILES string of the molecule is COCC1CCN(C(CN)c2cc(F)cc(F)c2)C1. The molecule has 1 saturated heterocycles. The van der Waals surface area contributed by atoms with Gasteiger partial charge < -0.3 is 10.5 Å². The van der Waals surface area contributed by atoms with Crippen molar-refractivity contribution in [1.82, 2.24) is 4.90 Å². The third-order valence-corrected chi connectivity index (χ3v) is 3.65. The van der Waals surface area contributed by atoms with Gasteiger partial charge in [0.2, 0.25) is 0 Å². The maximum Gasteiger partial charge on any atom is 0.126 e. The van der Waals surface area contributed by atoms with Crippen LogP contribution in [0.3, 0.4) is 0 Å². The number of likely N-dealkylation sites (tertiary alicyclic amines) is 1. The third kappa shape index (κ3) is 3.49. The van der Waals surface area contributed by atoms with E-state index in [0.29, 0.717) is 24.6 Å². The van der Waals surface area contributed by atoms with Gasteiger partial charge in [0.25, 0.3) is 0 Å².